The zero-order valence-electron chi connectivity index (χ0n) is 14.0. The van der Waals surface area contributed by atoms with Crippen molar-refractivity contribution in [2.75, 3.05) is 11.9 Å². The van der Waals surface area contributed by atoms with Crippen molar-refractivity contribution < 1.29 is 18.1 Å². The molecule has 2 aromatic rings. The molecular weight excluding hydrogens is 394 g/mol. The van der Waals surface area contributed by atoms with Gasteiger partial charge < -0.3 is 5.32 Å². The van der Waals surface area contributed by atoms with E-state index in [4.69, 9.17) is 11.6 Å². The smallest absolute Gasteiger partial charge is 0.271 e. The Kier molecular flexibility index (Phi) is 5.45. The fourth-order valence-electron chi connectivity index (χ4n) is 2.95. The fourth-order valence-corrected chi connectivity index (χ4v) is 4.74. The number of nitrogens with zero attached hydrogens (tertiary/aromatic N) is 2. The summed E-state index contributed by atoms with van der Waals surface area (Å²) in [5.74, 6) is -0.523. The van der Waals surface area contributed by atoms with Gasteiger partial charge in [-0.2, -0.15) is 4.31 Å². The van der Waals surface area contributed by atoms with Gasteiger partial charge in [0.05, 0.1) is 9.82 Å². The van der Waals surface area contributed by atoms with Gasteiger partial charge in [-0.1, -0.05) is 17.7 Å². The van der Waals surface area contributed by atoms with E-state index < -0.39 is 26.9 Å². The normalized spacial score (nSPS) is 17.6. The van der Waals surface area contributed by atoms with Crippen molar-refractivity contribution in [1.29, 1.82) is 0 Å². The van der Waals surface area contributed by atoms with E-state index in [-0.39, 0.29) is 22.8 Å². The Hall–Kier alpha value is -2.49. The molecule has 10 heteroatoms. The third-order valence-electron chi connectivity index (χ3n) is 4.25. The summed E-state index contributed by atoms with van der Waals surface area (Å²) in [6.07, 6.45) is 0.910. The van der Waals surface area contributed by atoms with Gasteiger partial charge in [0.2, 0.25) is 15.9 Å². The van der Waals surface area contributed by atoms with Crippen molar-refractivity contribution >= 4 is 38.9 Å². The summed E-state index contributed by atoms with van der Waals surface area (Å²) in [6, 6.07) is 10.4. The van der Waals surface area contributed by atoms with Crippen LogP contribution in [-0.4, -0.2) is 36.1 Å². The van der Waals surface area contributed by atoms with Crippen LogP contribution in [0.15, 0.2) is 53.4 Å². The number of hydrogen-bond acceptors (Lipinski definition) is 5. The maximum atomic E-state index is 12.9. The van der Waals surface area contributed by atoms with E-state index >= 15 is 0 Å². The Balaban J connectivity index is 1.81. The van der Waals surface area contributed by atoms with Gasteiger partial charge in [0.15, 0.2) is 0 Å². The molecule has 0 aliphatic carbocycles. The zero-order chi connectivity index (χ0) is 19.6. The maximum Gasteiger partial charge on any atom is 0.271 e. The molecule has 8 nitrogen and oxygen atoms in total. The molecule has 1 N–H and O–H groups in total. The van der Waals surface area contributed by atoms with Crippen LogP contribution in [0.2, 0.25) is 5.02 Å². The van der Waals surface area contributed by atoms with Crippen LogP contribution in [0, 0.1) is 10.1 Å². The minimum Gasteiger partial charge on any atom is -0.324 e. The lowest BCUT2D eigenvalue weighted by atomic mass is 10.2. The molecule has 1 aliphatic rings. The lowest BCUT2D eigenvalue weighted by molar-refractivity contribution is -0.384. The largest absolute Gasteiger partial charge is 0.324 e. The van der Waals surface area contributed by atoms with E-state index in [0.29, 0.717) is 17.9 Å². The number of carbonyl (C=O) groups is 1. The van der Waals surface area contributed by atoms with Crippen LogP contribution in [0.5, 0.6) is 0 Å². The Labute approximate surface area is 160 Å². The molecule has 1 fully saturated rings. The number of amides is 1. The number of hydrogen-bond donors (Lipinski definition) is 1. The summed E-state index contributed by atoms with van der Waals surface area (Å²) in [4.78, 5) is 23.0. The average molecular weight is 410 g/mol. The number of benzene rings is 2. The van der Waals surface area contributed by atoms with Gasteiger partial charge in [-0.25, -0.2) is 8.42 Å². The number of nitro benzene ring substituents is 1. The number of carbonyl (C=O) groups excluding carboxylic acids is 1. The van der Waals surface area contributed by atoms with Gasteiger partial charge in [-0.05, 0) is 43.2 Å². The van der Waals surface area contributed by atoms with Gasteiger partial charge in [0, 0.05) is 29.4 Å². The van der Waals surface area contributed by atoms with Crippen LogP contribution in [0.1, 0.15) is 12.8 Å². The first-order valence-corrected chi connectivity index (χ1v) is 9.93. The summed E-state index contributed by atoms with van der Waals surface area (Å²) < 4.78 is 26.9. The first-order chi connectivity index (χ1) is 12.8. The van der Waals surface area contributed by atoms with E-state index in [1.165, 1.54) is 48.5 Å². The molecule has 142 valence electrons. The van der Waals surface area contributed by atoms with Crippen LogP contribution >= 0.6 is 11.6 Å². The summed E-state index contributed by atoms with van der Waals surface area (Å²) in [5, 5.41) is 13.8. The molecule has 1 aliphatic heterocycles. The number of rotatable bonds is 5. The van der Waals surface area contributed by atoms with Gasteiger partial charge in [0.1, 0.15) is 6.04 Å². The third-order valence-corrected chi connectivity index (χ3v) is 6.43. The molecule has 0 bridgehead atoms. The van der Waals surface area contributed by atoms with Gasteiger partial charge in [-0.3, -0.25) is 14.9 Å². The van der Waals surface area contributed by atoms with Crippen LogP contribution in [0.3, 0.4) is 0 Å². The second kappa shape index (κ2) is 7.63. The van der Waals surface area contributed by atoms with E-state index in [2.05, 4.69) is 5.32 Å². The zero-order valence-corrected chi connectivity index (χ0v) is 15.6. The first kappa shape index (κ1) is 19.3. The van der Waals surface area contributed by atoms with Gasteiger partial charge in [0.25, 0.3) is 5.69 Å². The molecule has 0 aromatic heterocycles. The topological polar surface area (TPSA) is 110 Å². The highest BCUT2D eigenvalue weighted by Crippen LogP contribution is 2.28. The van der Waals surface area contributed by atoms with E-state index in [1.54, 1.807) is 0 Å². The van der Waals surface area contributed by atoms with Crippen molar-refractivity contribution in [3.8, 4) is 0 Å². The Morgan fingerprint density at radius 3 is 2.59 bits per heavy atom. The lowest BCUT2D eigenvalue weighted by Gasteiger charge is -2.23. The number of non-ortho nitro benzene ring substituents is 1. The Bertz CT molecular complexity index is 978. The van der Waals surface area contributed by atoms with E-state index in [1.807, 2.05) is 0 Å². The molecule has 1 amide bonds. The third kappa shape index (κ3) is 4.10. The van der Waals surface area contributed by atoms with E-state index in [0.717, 1.165) is 4.31 Å². The molecule has 1 atom stereocenters. The summed E-state index contributed by atoms with van der Waals surface area (Å²) >= 11 is 5.81. The maximum absolute atomic E-state index is 12.9. The summed E-state index contributed by atoms with van der Waals surface area (Å²) in [5.41, 5.74) is 0.0785. The van der Waals surface area contributed by atoms with Crippen molar-refractivity contribution in [2.45, 2.75) is 23.8 Å². The number of nitrogens with one attached hydrogen (secondary N) is 1. The van der Waals surface area contributed by atoms with Gasteiger partial charge in [-0.15, -0.1) is 0 Å². The van der Waals surface area contributed by atoms with Gasteiger partial charge >= 0.3 is 0 Å². The van der Waals surface area contributed by atoms with Crippen molar-refractivity contribution in [3.63, 3.8) is 0 Å². The number of nitro groups is 1. The molecule has 2 aromatic carbocycles. The number of anilines is 1. The highest BCUT2D eigenvalue weighted by atomic mass is 35.5. The predicted octanol–water partition coefficient (Wildman–Crippen LogP) is 3.04. The van der Waals surface area contributed by atoms with Crippen molar-refractivity contribution in [1.82, 2.24) is 4.31 Å². The number of sulfonamides is 1. The minimum atomic E-state index is -3.86. The Morgan fingerprint density at radius 2 is 1.93 bits per heavy atom. The molecule has 3 rings (SSSR count). The SMILES string of the molecule is O=C(Nc1cccc([N+](=O)[O-])c1)[C@H]1CCCN1S(=O)(=O)c1ccc(Cl)cc1. The molecule has 0 unspecified atom stereocenters. The molecule has 0 spiro atoms. The second-order valence-electron chi connectivity index (χ2n) is 6.02. The molecule has 27 heavy (non-hydrogen) atoms. The monoisotopic (exact) mass is 409 g/mol. The molecular formula is C17H16ClN3O5S. The fraction of sp³-hybridized carbons (Fsp3) is 0.235. The first-order valence-electron chi connectivity index (χ1n) is 8.12. The predicted molar refractivity (Wildman–Crippen MR) is 100 cm³/mol. The average Bonchev–Trinajstić information content (AvgIpc) is 3.13. The summed E-state index contributed by atoms with van der Waals surface area (Å²) in [6.45, 7) is 0.220. The number of halogens is 1. The van der Waals surface area contributed by atoms with E-state index in [9.17, 15) is 23.3 Å². The molecule has 1 saturated heterocycles. The van der Waals surface area contributed by atoms with Crippen LogP contribution in [0.25, 0.3) is 0 Å². The van der Waals surface area contributed by atoms with Crippen LogP contribution in [-0.2, 0) is 14.8 Å². The quantitative estimate of drug-likeness (QED) is 0.602. The van der Waals surface area contributed by atoms with Crippen LogP contribution < -0.4 is 5.32 Å². The molecule has 0 radical (unpaired) electrons. The molecule has 1 heterocycles. The molecule has 0 saturated carbocycles. The van der Waals surface area contributed by atoms with Crippen LogP contribution in [0.4, 0.5) is 11.4 Å². The summed E-state index contributed by atoms with van der Waals surface area (Å²) in [7, 11) is -3.86. The Morgan fingerprint density at radius 1 is 1.22 bits per heavy atom. The second-order valence-corrected chi connectivity index (χ2v) is 8.35. The standard InChI is InChI=1S/C17H16ClN3O5S/c18-12-6-8-15(9-7-12)27(25,26)20-10-2-5-16(20)17(22)19-13-3-1-4-14(11-13)21(23)24/h1,3-4,6-9,11,16H,2,5,10H2,(H,19,22)/t16-/m1/s1. The lowest BCUT2D eigenvalue weighted by Crippen LogP contribution is -2.43. The highest BCUT2D eigenvalue weighted by molar-refractivity contribution is 7.89. The minimum absolute atomic E-state index is 0.0574. The highest BCUT2D eigenvalue weighted by Gasteiger charge is 2.39. The van der Waals surface area contributed by atoms with Crippen molar-refractivity contribution in [3.05, 3.63) is 63.7 Å². The van der Waals surface area contributed by atoms with Crippen molar-refractivity contribution in [2.24, 2.45) is 0 Å².